The average Bonchev–Trinajstić information content (AvgIpc) is 2.70. The van der Waals surface area contributed by atoms with Gasteiger partial charge >= 0.3 is 0 Å². The van der Waals surface area contributed by atoms with E-state index < -0.39 is 0 Å². The summed E-state index contributed by atoms with van der Waals surface area (Å²) in [6.45, 7) is 3.71. The third-order valence-corrected chi connectivity index (χ3v) is 4.13. The molecular weight excluding hydrogens is 370 g/mol. The minimum atomic E-state index is -0.346. The molecule has 0 heterocycles. The van der Waals surface area contributed by atoms with Crippen molar-refractivity contribution >= 4 is 11.9 Å². The van der Waals surface area contributed by atoms with E-state index in [4.69, 9.17) is 25.7 Å². The van der Waals surface area contributed by atoms with Crippen LogP contribution in [0.15, 0.2) is 47.5 Å². The minimum Gasteiger partial charge on any atom is -0.494 e. The molecule has 2 aromatic carbocycles. The Morgan fingerprint density at radius 2 is 1.90 bits per heavy atom. The molecule has 7 nitrogen and oxygen atoms in total. The van der Waals surface area contributed by atoms with Gasteiger partial charge in [0.25, 0.3) is 0 Å². The van der Waals surface area contributed by atoms with Crippen LogP contribution in [0.3, 0.4) is 0 Å². The summed E-state index contributed by atoms with van der Waals surface area (Å²) in [5, 5.41) is 0. The van der Waals surface area contributed by atoms with Crippen LogP contribution in [0.4, 0.5) is 0 Å². The van der Waals surface area contributed by atoms with Gasteiger partial charge in [0.1, 0.15) is 11.5 Å². The second-order valence-electron chi connectivity index (χ2n) is 6.42. The second-order valence-corrected chi connectivity index (χ2v) is 6.42. The Bertz CT molecular complexity index is 833. The van der Waals surface area contributed by atoms with E-state index in [1.165, 1.54) is 0 Å². The SMILES string of the molecule is CCOc1cccc(-c2ccc(CCC(=O)N=C(N)N)cc2OCCCOC)c1. The number of carbonyl (C=O) groups is 1. The number of ether oxygens (including phenoxy) is 3. The summed E-state index contributed by atoms with van der Waals surface area (Å²) in [4.78, 5) is 15.3. The van der Waals surface area contributed by atoms with Crippen LogP contribution in [0.1, 0.15) is 25.3 Å². The maximum atomic E-state index is 11.7. The van der Waals surface area contributed by atoms with Crippen LogP contribution < -0.4 is 20.9 Å². The number of amides is 1. The fourth-order valence-corrected chi connectivity index (χ4v) is 2.84. The molecule has 0 aliphatic rings. The van der Waals surface area contributed by atoms with Crippen molar-refractivity contribution in [1.29, 1.82) is 0 Å². The summed E-state index contributed by atoms with van der Waals surface area (Å²) in [5.41, 5.74) is 13.4. The smallest absolute Gasteiger partial charge is 0.249 e. The molecule has 0 aromatic heterocycles. The second kappa shape index (κ2) is 11.7. The molecule has 2 rings (SSSR count). The van der Waals surface area contributed by atoms with Gasteiger partial charge in [-0.2, -0.15) is 4.99 Å². The zero-order valence-electron chi connectivity index (χ0n) is 17.0. The summed E-state index contributed by atoms with van der Waals surface area (Å²) in [5.74, 6) is 0.992. The summed E-state index contributed by atoms with van der Waals surface area (Å²) >= 11 is 0. The van der Waals surface area contributed by atoms with Crippen molar-refractivity contribution in [3.8, 4) is 22.6 Å². The molecule has 0 unspecified atom stereocenters. The zero-order chi connectivity index (χ0) is 21.1. The Labute approximate surface area is 171 Å². The first-order chi connectivity index (χ1) is 14.0. The predicted molar refractivity (Wildman–Crippen MR) is 114 cm³/mol. The van der Waals surface area contributed by atoms with E-state index in [9.17, 15) is 4.79 Å². The van der Waals surface area contributed by atoms with Crippen molar-refractivity contribution in [3.63, 3.8) is 0 Å². The van der Waals surface area contributed by atoms with Gasteiger partial charge in [-0.15, -0.1) is 0 Å². The van der Waals surface area contributed by atoms with Gasteiger partial charge in [0, 0.05) is 32.1 Å². The van der Waals surface area contributed by atoms with E-state index in [2.05, 4.69) is 4.99 Å². The van der Waals surface area contributed by atoms with Crippen LogP contribution >= 0.6 is 0 Å². The van der Waals surface area contributed by atoms with Crippen LogP contribution in [0.5, 0.6) is 11.5 Å². The van der Waals surface area contributed by atoms with E-state index in [0.29, 0.717) is 26.2 Å². The molecule has 7 heteroatoms. The number of hydrogen-bond donors (Lipinski definition) is 2. The molecule has 0 bridgehead atoms. The van der Waals surface area contributed by atoms with Gasteiger partial charge in [-0.1, -0.05) is 24.3 Å². The van der Waals surface area contributed by atoms with E-state index in [1.807, 2.05) is 49.4 Å². The highest BCUT2D eigenvalue weighted by atomic mass is 16.5. The molecule has 156 valence electrons. The van der Waals surface area contributed by atoms with Gasteiger partial charge < -0.3 is 25.7 Å². The summed E-state index contributed by atoms with van der Waals surface area (Å²) in [6.07, 6.45) is 1.52. The lowest BCUT2D eigenvalue weighted by molar-refractivity contribution is -0.117. The van der Waals surface area contributed by atoms with Crippen LogP contribution in [-0.4, -0.2) is 38.8 Å². The molecule has 2 aromatic rings. The Balaban J connectivity index is 2.23. The summed E-state index contributed by atoms with van der Waals surface area (Å²) in [6, 6.07) is 13.8. The van der Waals surface area contributed by atoms with Crippen molar-refractivity contribution in [2.24, 2.45) is 16.5 Å². The molecule has 4 N–H and O–H groups in total. The van der Waals surface area contributed by atoms with Crippen LogP contribution in [0.25, 0.3) is 11.1 Å². The molecular formula is C22H29N3O4. The maximum Gasteiger partial charge on any atom is 0.249 e. The van der Waals surface area contributed by atoms with Crippen molar-refractivity contribution < 1.29 is 19.0 Å². The van der Waals surface area contributed by atoms with Crippen LogP contribution in [0.2, 0.25) is 0 Å². The summed E-state index contributed by atoms with van der Waals surface area (Å²) in [7, 11) is 1.67. The highest BCUT2D eigenvalue weighted by molar-refractivity contribution is 5.91. The van der Waals surface area contributed by atoms with Gasteiger partial charge in [-0.3, -0.25) is 4.79 Å². The number of rotatable bonds is 11. The van der Waals surface area contributed by atoms with Crippen molar-refractivity contribution in [3.05, 3.63) is 48.0 Å². The van der Waals surface area contributed by atoms with Gasteiger partial charge in [0.2, 0.25) is 5.91 Å². The van der Waals surface area contributed by atoms with Gasteiger partial charge in [-0.25, -0.2) is 0 Å². The normalized spacial score (nSPS) is 10.4. The topological polar surface area (TPSA) is 109 Å². The molecule has 0 saturated heterocycles. The third-order valence-electron chi connectivity index (χ3n) is 4.13. The van der Waals surface area contributed by atoms with Crippen molar-refractivity contribution in [1.82, 2.24) is 0 Å². The number of aliphatic imine (C=N–C) groups is 1. The Morgan fingerprint density at radius 1 is 1.07 bits per heavy atom. The molecule has 0 saturated carbocycles. The Morgan fingerprint density at radius 3 is 2.62 bits per heavy atom. The predicted octanol–water partition coefficient (Wildman–Crippen LogP) is 2.90. The maximum absolute atomic E-state index is 11.7. The fraction of sp³-hybridized carbons (Fsp3) is 0.364. The molecule has 0 fully saturated rings. The molecule has 0 aliphatic heterocycles. The molecule has 0 aliphatic carbocycles. The molecule has 0 radical (unpaired) electrons. The van der Waals surface area contributed by atoms with Crippen molar-refractivity contribution in [2.75, 3.05) is 26.9 Å². The lowest BCUT2D eigenvalue weighted by atomic mass is 10.0. The highest BCUT2D eigenvalue weighted by Gasteiger charge is 2.10. The zero-order valence-corrected chi connectivity index (χ0v) is 17.0. The number of aryl methyl sites for hydroxylation is 1. The lowest BCUT2D eigenvalue weighted by Gasteiger charge is -2.14. The number of hydrogen-bond acceptors (Lipinski definition) is 4. The van der Waals surface area contributed by atoms with Gasteiger partial charge in [-0.05, 0) is 42.7 Å². The van der Waals surface area contributed by atoms with Crippen LogP contribution in [0, 0.1) is 0 Å². The van der Waals surface area contributed by atoms with Crippen LogP contribution in [-0.2, 0) is 16.0 Å². The van der Waals surface area contributed by atoms with Gasteiger partial charge in [0.15, 0.2) is 5.96 Å². The molecule has 1 amide bonds. The Kier molecular flexibility index (Phi) is 8.98. The highest BCUT2D eigenvalue weighted by Crippen LogP contribution is 2.33. The monoisotopic (exact) mass is 399 g/mol. The third kappa shape index (κ3) is 7.46. The number of nitrogens with zero attached hydrogens (tertiary/aromatic N) is 1. The number of nitrogens with two attached hydrogens (primary N) is 2. The van der Waals surface area contributed by atoms with E-state index in [1.54, 1.807) is 7.11 Å². The molecule has 0 spiro atoms. The number of benzene rings is 2. The molecule has 29 heavy (non-hydrogen) atoms. The summed E-state index contributed by atoms with van der Waals surface area (Å²) < 4.78 is 16.7. The average molecular weight is 399 g/mol. The minimum absolute atomic E-state index is 0.221. The largest absolute Gasteiger partial charge is 0.494 e. The number of methoxy groups -OCH3 is 1. The van der Waals surface area contributed by atoms with E-state index >= 15 is 0 Å². The first kappa shape index (κ1) is 22.2. The van der Waals surface area contributed by atoms with E-state index in [-0.39, 0.29) is 18.3 Å². The lowest BCUT2D eigenvalue weighted by Crippen LogP contribution is -2.24. The number of carbonyl (C=O) groups excluding carboxylic acids is 1. The Hall–Kier alpha value is -3.06. The molecule has 0 atom stereocenters. The number of guanidine groups is 1. The first-order valence-electron chi connectivity index (χ1n) is 9.63. The van der Waals surface area contributed by atoms with Gasteiger partial charge in [0.05, 0.1) is 13.2 Å². The quantitative estimate of drug-likeness (QED) is 0.342. The van der Waals surface area contributed by atoms with Crippen molar-refractivity contribution in [2.45, 2.75) is 26.2 Å². The fourth-order valence-electron chi connectivity index (χ4n) is 2.84. The van der Waals surface area contributed by atoms with E-state index in [0.717, 1.165) is 34.6 Å². The standard InChI is InChI=1S/C22H29N3O4/c1-3-28-18-7-4-6-17(15-18)19-10-8-16(9-11-21(26)25-22(23)24)14-20(19)29-13-5-12-27-2/h4,6-8,10,14-15H,3,5,9,11-13H2,1-2H3,(H4,23,24,25,26). The first-order valence-corrected chi connectivity index (χ1v) is 9.63.